The molecule has 0 spiro atoms. The summed E-state index contributed by atoms with van der Waals surface area (Å²) in [5, 5.41) is 12.5. The van der Waals surface area contributed by atoms with E-state index < -0.39 is 0 Å². The van der Waals surface area contributed by atoms with E-state index >= 15 is 0 Å². The second-order valence-corrected chi connectivity index (χ2v) is 3.71. The van der Waals surface area contributed by atoms with Gasteiger partial charge in [-0.3, -0.25) is 0 Å². The van der Waals surface area contributed by atoms with Gasteiger partial charge in [0, 0.05) is 6.54 Å². The summed E-state index contributed by atoms with van der Waals surface area (Å²) in [5.41, 5.74) is -0.0104. The lowest BCUT2D eigenvalue weighted by Crippen LogP contribution is -2.50. The third-order valence-electron chi connectivity index (χ3n) is 2.25. The van der Waals surface area contributed by atoms with E-state index in [1.54, 1.807) is 0 Å². The third kappa shape index (κ3) is 2.15. The zero-order valence-corrected chi connectivity index (χ0v) is 7.43. The van der Waals surface area contributed by atoms with E-state index in [-0.39, 0.29) is 12.1 Å². The lowest BCUT2D eigenvalue weighted by atomic mass is 9.98. The van der Waals surface area contributed by atoms with Gasteiger partial charge in [0.05, 0.1) is 12.1 Å². The third-order valence-corrected chi connectivity index (χ3v) is 2.25. The van der Waals surface area contributed by atoms with Crippen molar-refractivity contribution in [2.24, 2.45) is 0 Å². The normalized spacial score (nSPS) is 31.6. The molecule has 2 N–H and O–H groups in total. The lowest BCUT2D eigenvalue weighted by Gasteiger charge is -2.30. The number of nitrogens with zero attached hydrogens (tertiary/aromatic N) is 1. The van der Waals surface area contributed by atoms with E-state index in [9.17, 15) is 5.11 Å². The van der Waals surface area contributed by atoms with E-state index in [0.717, 1.165) is 19.5 Å². The van der Waals surface area contributed by atoms with E-state index in [2.05, 4.69) is 10.2 Å². The Morgan fingerprint density at radius 3 is 2.64 bits per heavy atom. The van der Waals surface area contributed by atoms with Gasteiger partial charge < -0.3 is 15.3 Å². The summed E-state index contributed by atoms with van der Waals surface area (Å²) in [4.78, 5) is 2.12. The fraction of sp³-hybridized carbons (Fsp3) is 1.00. The maximum atomic E-state index is 9.18. The van der Waals surface area contributed by atoms with Crippen LogP contribution >= 0.6 is 0 Å². The number of rotatable bonds is 3. The van der Waals surface area contributed by atoms with Crippen LogP contribution in [0.4, 0.5) is 0 Å². The molecule has 0 aromatic carbocycles. The number of aliphatic hydroxyl groups excluding tert-OH is 1. The van der Waals surface area contributed by atoms with Gasteiger partial charge in [-0.25, -0.2) is 0 Å². The Hall–Kier alpha value is -0.120. The van der Waals surface area contributed by atoms with Gasteiger partial charge in [0.25, 0.3) is 0 Å². The van der Waals surface area contributed by atoms with Crippen LogP contribution < -0.4 is 5.32 Å². The standard InChI is InChI=1S/C8H18N2O/c1-10(2)6-8(7-11)4-3-5-9-8/h9,11H,3-7H2,1-2H3. The van der Waals surface area contributed by atoms with Crippen LogP contribution in [-0.2, 0) is 0 Å². The van der Waals surface area contributed by atoms with Gasteiger partial charge in [-0.1, -0.05) is 0 Å². The highest BCUT2D eigenvalue weighted by molar-refractivity contribution is 4.94. The molecule has 1 heterocycles. The van der Waals surface area contributed by atoms with Crippen LogP contribution in [0.2, 0.25) is 0 Å². The first kappa shape index (κ1) is 8.97. The van der Waals surface area contributed by atoms with Gasteiger partial charge in [0.1, 0.15) is 0 Å². The summed E-state index contributed by atoms with van der Waals surface area (Å²) < 4.78 is 0. The Labute approximate surface area is 68.4 Å². The second kappa shape index (κ2) is 3.52. The van der Waals surface area contributed by atoms with Crippen molar-refractivity contribution in [2.75, 3.05) is 33.8 Å². The number of aliphatic hydroxyl groups is 1. The van der Waals surface area contributed by atoms with E-state index in [0.29, 0.717) is 0 Å². The molecule has 0 saturated carbocycles. The van der Waals surface area contributed by atoms with Crippen LogP contribution in [0.3, 0.4) is 0 Å². The molecule has 0 aromatic heterocycles. The molecule has 1 atom stereocenters. The summed E-state index contributed by atoms with van der Waals surface area (Å²) in [5.74, 6) is 0. The Kier molecular flexibility index (Phi) is 2.87. The highest BCUT2D eigenvalue weighted by Gasteiger charge is 2.32. The lowest BCUT2D eigenvalue weighted by molar-refractivity contribution is 0.145. The number of nitrogens with one attached hydrogen (secondary N) is 1. The minimum absolute atomic E-state index is 0.0104. The topological polar surface area (TPSA) is 35.5 Å². The SMILES string of the molecule is CN(C)CC1(CO)CCCN1. The van der Waals surface area contributed by atoms with Crippen molar-refractivity contribution in [1.82, 2.24) is 10.2 Å². The molecule has 1 aliphatic rings. The van der Waals surface area contributed by atoms with Gasteiger partial charge in [-0.05, 0) is 33.5 Å². The molecule has 0 radical (unpaired) electrons. The molecular weight excluding hydrogens is 140 g/mol. The average Bonchev–Trinajstić information content (AvgIpc) is 2.36. The van der Waals surface area contributed by atoms with Crippen molar-refractivity contribution in [1.29, 1.82) is 0 Å². The predicted octanol–water partition coefficient (Wildman–Crippen LogP) is -0.338. The van der Waals surface area contributed by atoms with Crippen molar-refractivity contribution in [3.05, 3.63) is 0 Å². The summed E-state index contributed by atoms with van der Waals surface area (Å²) in [6, 6.07) is 0. The van der Waals surface area contributed by atoms with E-state index in [1.165, 1.54) is 6.42 Å². The van der Waals surface area contributed by atoms with Crippen LogP contribution in [0.5, 0.6) is 0 Å². The predicted molar refractivity (Wildman–Crippen MR) is 45.6 cm³/mol. The molecule has 1 saturated heterocycles. The smallest absolute Gasteiger partial charge is 0.0625 e. The maximum Gasteiger partial charge on any atom is 0.0625 e. The number of hydrogen-bond acceptors (Lipinski definition) is 3. The largest absolute Gasteiger partial charge is 0.394 e. The van der Waals surface area contributed by atoms with Crippen molar-refractivity contribution in [3.8, 4) is 0 Å². The molecule has 0 aliphatic carbocycles. The van der Waals surface area contributed by atoms with E-state index in [4.69, 9.17) is 0 Å². The Morgan fingerprint density at radius 2 is 2.27 bits per heavy atom. The van der Waals surface area contributed by atoms with Crippen LogP contribution in [-0.4, -0.2) is 49.3 Å². The molecule has 0 aromatic rings. The van der Waals surface area contributed by atoms with Crippen LogP contribution in [0.1, 0.15) is 12.8 Å². The van der Waals surface area contributed by atoms with Crippen LogP contribution in [0, 0.1) is 0 Å². The Morgan fingerprint density at radius 1 is 1.55 bits per heavy atom. The van der Waals surface area contributed by atoms with E-state index in [1.807, 2.05) is 14.1 Å². The quantitative estimate of drug-likeness (QED) is 0.590. The molecule has 66 valence electrons. The molecule has 1 unspecified atom stereocenters. The molecule has 1 rings (SSSR count). The van der Waals surface area contributed by atoms with Crippen molar-refractivity contribution >= 4 is 0 Å². The summed E-state index contributed by atoms with van der Waals surface area (Å²) >= 11 is 0. The first-order valence-corrected chi connectivity index (χ1v) is 4.19. The Bertz CT molecular complexity index is 119. The molecule has 11 heavy (non-hydrogen) atoms. The van der Waals surface area contributed by atoms with Crippen molar-refractivity contribution in [3.63, 3.8) is 0 Å². The zero-order valence-electron chi connectivity index (χ0n) is 7.43. The summed E-state index contributed by atoms with van der Waals surface area (Å²) in [6.07, 6.45) is 2.29. The fourth-order valence-electron chi connectivity index (χ4n) is 1.79. The first-order chi connectivity index (χ1) is 5.18. The van der Waals surface area contributed by atoms with Crippen LogP contribution in [0.15, 0.2) is 0 Å². The molecule has 3 heteroatoms. The van der Waals surface area contributed by atoms with Gasteiger partial charge in [0.15, 0.2) is 0 Å². The Balaban J connectivity index is 2.45. The van der Waals surface area contributed by atoms with Gasteiger partial charge in [-0.2, -0.15) is 0 Å². The molecule has 3 nitrogen and oxygen atoms in total. The highest BCUT2D eigenvalue weighted by Crippen LogP contribution is 2.18. The number of likely N-dealkylation sites (N-methyl/N-ethyl adjacent to an activating group) is 1. The fourth-order valence-corrected chi connectivity index (χ4v) is 1.79. The minimum Gasteiger partial charge on any atom is -0.394 e. The van der Waals surface area contributed by atoms with Gasteiger partial charge in [0.2, 0.25) is 0 Å². The molecular formula is C8H18N2O. The minimum atomic E-state index is -0.0104. The highest BCUT2D eigenvalue weighted by atomic mass is 16.3. The summed E-state index contributed by atoms with van der Waals surface area (Å²) in [6.45, 7) is 2.24. The maximum absolute atomic E-state index is 9.18. The van der Waals surface area contributed by atoms with Crippen molar-refractivity contribution < 1.29 is 5.11 Å². The first-order valence-electron chi connectivity index (χ1n) is 4.19. The molecule has 1 aliphatic heterocycles. The zero-order chi connectivity index (χ0) is 8.32. The van der Waals surface area contributed by atoms with Crippen molar-refractivity contribution in [2.45, 2.75) is 18.4 Å². The number of hydrogen-bond donors (Lipinski definition) is 2. The van der Waals surface area contributed by atoms with Crippen LogP contribution in [0.25, 0.3) is 0 Å². The average molecular weight is 158 g/mol. The van der Waals surface area contributed by atoms with Gasteiger partial charge in [-0.15, -0.1) is 0 Å². The van der Waals surface area contributed by atoms with Gasteiger partial charge >= 0.3 is 0 Å². The second-order valence-electron chi connectivity index (χ2n) is 3.71. The molecule has 1 fully saturated rings. The molecule has 0 amide bonds. The monoisotopic (exact) mass is 158 g/mol. The molecule has 0 bridgehead atoms. The summed E-state index contributed by atoms with van der Waals surface area (Å²) in [7, 11) is 4.08.